The predicted molar refractivity (Wildman–Crippen MR) is 147 cm³/mol. The van der Waals surface area contributed by atoms with Gasteiger partial charge >= 0.3 is 6.09 Å². The molecule has 4 heterocycles. The number of fused-ring (bicyclic) bond motifs is 4. The number of likely N-dealkylation sites (tertiary alicyclic amines) is 3. The molecule has 2 aromatic rings. The van der Waals surface area contributed by atoms with Gasteiger partial charge < -0.3 is 19.9 Å². The number of nitrogens with zero attached hydrogens (tertiary/aromatic N) is 7. The number of carbonyl (C=O) groups excluding carboxylic acids is 3. The molecule has 0 radical (unpaired) electrons. The zero-order chi connectivity index (χ0) is 29.3. The van der Waals surface area contributed by atoms with Crippen LogP contribution in [-0.4, -0.2) is 102 Å². The van der Waals surface area contributed by atoms with Gasteiger partial charge in [0.1, 0.15) is 17.7 Å². The average Bonchev–Trinajstić information content (AvgIpc) is 3.51. The second-order valence-corrected chi connectivity index (χ2v) is 13.2. The molecule has 2 aliphatic carbocycles. The quantitative estimate of drug-likeness (QED) is 0.522. The number of ether oxygens (including phenoxy) is 1. The number of H-pyrrole nitrogens is 1. The summed E-state index contributed by atoms with van der Waals surface area (Å²) in [5.41, 5.74) is 2.52. The van der Waals surface area contributed by atoms with Crippen molar-refractivity contribution in [2.75, 3.05) is 13.1 Å². The minimum absolute atomic E-state index is 0.00840. The van der Waals surface area contributed by atoms with Gasteiger partial charge in [0, 0.05) is 30.7 Å². The number of aryl methyl sites for hydroxylation is 1. The van der Waals surface area contributed by atoms with E-state index in [0.717, 1.165) is 30.4 Å². The van der Waals surface area contributed by atoms with Crippen LogP contribution >= 0.6 is 0 Å². The molecule has 3 amide bonds. The second kappa shape index (κ2) is 9.76. The molecule has 3 saturated heterocycles. The Balaban J connectivity index is 1.07. The fraction of sp³-hybridized carbons (Fsp3) is 0.621. The second-order valence-electron chi connectivity index (χ2n) is 13.2. The van der Waals surface area contributed by atoms with Crippen molar-refractivity contribution >= 4 is 17.9 Å². The zero-order valence-electron chi connectivity index (χ0n) is 24.0. The minimum Gasteiger partial charge on any atom is -0.444 e. The molecular formula is C29H35N9O4. The highest BCUT2D eigenvalue weighted by Gasteiger charge is 2.57. The van der Waals surface area contributed by atoms with Gasteiger partial charge in [-0.25, -0.2) is 4.79 Å². The van der Waals surface area contributed by atoms with Crippen molar-refractivity contribution in [3.63, 3.8) is 0 Å². The molecule has 1 aromatic carbocycles. The van der Waals surface area contributed by atoms with E-state index < -0.39 is 23.8 Å². The highest BCUT2D eigenvalue weighted by Crippen LogP contribution is 2.48. The summed E-state index contributed by atoms with van der Waals surface area (Å²) in [5.74, 6) is 0.695. The van der Waals surface area contributed by atoms with Crippen LogP contribution in [0.15, 0.2) is 18.2 Å². The van der Waals surface area contributed by atoms with Gasteiger partial charge in [0.2, 0.25) is 17.6 Å². The van der Waals surface area contributed by atoms with Gasteiger partial charge in [-0.2, -0.15) is 10.5 Å². The van der Waals surface area contributed by atoms with Crippen LogP contribution in [0.25, 0.3) is 11.4 Å². The molecule has 1 saturated carbocycles. The summed E-state index contributed by atoms with van der Waals surface area (Å²) >= 11 is 0. The molecule has 0 unspecified atom stereocenters. The first-order valence-corrected chi connectivity index (χ1v) is 14.8. The van der Waals surface area contributed by atoms with Crippen LogP contribution in [-0.2, 0) is 20.7 Å². The number of hydrogen-bond donors (Lipinski definition) is 2. The van der Waals surface area contributed by atoms with Crippen LogP contribution in [0, 0.1) is 17.2 Å². The molecule has 13 nitrogen and oxygen atoms in total. The number of aromatic nitrogens is 4. The number of aromatic amines is 1. The van der Waals surface area contributed by atoms with Crippen LogP contribution in [0.4, 0.5) is 4.79 Å². The van der Waals surface area contributed by atoms with Crippen molar-refractivity contribution in [3.8, 4) is 17.5 Å². The average molecular weight is 574 g/mol. The lowest BCUT2D eigenvalue weighted by Gasteiger charge is -2.39. The molecule has 7 rings (SSSR count). The highest BCUT2D eigenvalue weighted by molar-refractivity contribution is 5.89. The van der Waals surface area contributed by atoms with Gasteiger partial charge in [0.15, 0.2) is 0 Å². The molecule has 0 spiro atoms. The van der Waals surface area contributed by atoms with Crippen molar-refractivity contribution in [1.82, 2.24) is 40.6 Å². The SMILES string of the molecule is CC(C)(C)OC(=O)N[C@@H](CN1C[C@H]2C[C@@H]1C(=O)N2[C@@H]1CCc2cc(-c3nn[nH]n3)ccc21)C(=O)N1[C@H](C#N)C[C@@H]2C[C@@H]21. The number of nitriles is 1. The lowest BCUT2D eigenvalue weighted by molar-refractivity contribution is -0.141. The summed E-state index contributed by atoms with van der Waals surface area (Å²) < 4.78 is 5.48. The summed E-state index contributed by atoms with van der Waals surface area (Å²) in [6.07, 6.45) is 3.30. The Hall–Kier alpha value is -4.05. The number of alkyl carbamates (subject to hydrolysis) is 1. The van der Waals surface area contributed by atoms with E-state index >= 15 is 0 Å². The normalized spacial score (nSPS) is 30.2. The molecular weight excluding hydrogens is 538 g/mol. The predicted octanol–water partition coefficient (Wildman–Crippen LogP) is 1.55. The first kappa shape index (κ1) is 26.8. The van der Waals surface area contributed by atoms with Gasteiger partial charge in [-0.05, 0) is 81.2 Å². The fourth-order valence-electron chi connectivity index (χ4n) is 7.55. The van der Waals surface area contributed by atoms with Gasteiger partial charge in [0.25, 0.3) is 0 Å². The van der Waals surface area contributed by atoms with E-state index in [9.17, 15) is 19.6 Å². The zero-order valence-corrected chi connectivity index (χ0v) is 24.0. The maximum Gasteiger partial charge on any atom is 0.408 e. The summed E-state index contributed by atoms with van der Waals surface area (Å²) in [7, 11) is 0. The molecule has 42 heavy (non-hydrogen) atoms. The molecule has 7 atom stereocenters. The summed E-state index contributed by atoms with van der Waals surface area (Å²) in [4.78, 5) is 46.1. The monoisotopic (exact) mass is 573 g/mol. The lowest BCUT2D eigenvalue weighted by Crippen LogP contribution is -2.59. The molecule has 220 valence electrons. The highest BCUT2D eigenvalue weighted by atomic mass is 16.6. The standard InChI is InChI=1S/C29H35N9O4/c1-29(2,3)42-28(41)31-21(26(39)37-18(12-30)9-17-10-23(17)37)14-36-13-19-11-24(36)27(40)38(19)22-7-5-15-8-16(4-6-20(15)22)25-32-34-35-33-25/h4,6,8,17-19,21-24H,5,7,9-11,13-14H2,1-3H3,(H,31,41)(H,32,33,34,35)/t17-,18+,19-,21+,22-,23+,24-/m1/s1. The Morgan fingerprint density at radius 3 is 2.79 bits per heavy atom. The van der Waals surface area contributed by atoms with Gasteiger partial charge in [-0.15, -0.1) is 10.2 Å². The molecule has 2 N–H and O–H groups in total. The van der Waals surface area contributed by atoms with Crippen LogP contribution < -0.4 is 5.32 Å². The molecule has 3 aliphatic heterocycles. The van der Waals surface area contributed by atoms with E-state index in [1.165, 1.54) is 5.56 Å². The number of piperazine rings is 1. The van der Waals surface area contributed by atoms with Crippen molar-refractivity contribution in [3.05, 3.63) is 29.3 Å². The number of nitrogens with one attached hydrogen (secondary N) is 2. The molecule has 13 heteroatoms. The summed E-state index contributed by atoms with van der Waals surface area (Å²) in [5, 5.41) is 26.8. The van der Waals surface area contributed by atoms with E-state index in [0.29, 0.717) is 31.1 Å². The van der Waals surface area contributed by atoms with Crippen LogP contribution in [0.3, 0.4) is 0 Å². The summed E-state index contributed by atoms with van der Waals surface area (Å²) in [6, 6.07) is 6.73. The van der Waals surface area contributed by atoms with Gasteiger partial charge in [-0.3, -0.25) is 14.5 Å². The minimum atomic E-state index is -0.911. The van der Waals surface area contributed by atoms with E-state index in [1.54, 1.807) is 25.7 Å². The first-order valence-electron chi connectivity index (χ1n) is 14.8. The molecule has 1 aromatic heterocycles. The van der Waals surface area contributed by atoms with Crippen LogP contribution in [0.1, 0.15) is 63.6 Å². The van der Waals surface area contributed by atoms with Gasteiger partial charge in [-0.1, -0.05) is 12.1 Å². The van der Waals surface area contributed by atoms with Crippen molar-refractivity contribution in [1.29, 1.82) is 5.26 Å². The maximum absolute atomic E-state index is 13.8. The number of benzene rings is 1. The third kappa shape index (κ3) is 4.58. The third-order valence-corrected chi connectivity index (χ3v) is 9.36. The molecule has 5 aliphatic rings. The summed E-state index contributed by atoms with van der Waals surface area (Å²) in [6.45, 7) is 6.12. The van der Waals surface area contributed by atoms with Crippen molar-refractivity contribution in [2.24, 2.45) is 5.92 Å². The number of carbonyl (C=O) groups is 3. The van der Waals surface area contributed by atoms with Crippen LogP contribution in [0.2, 0.25) is 0 Å². The number of tetrazole rings is 1. The largest absolute Gasteiger partial charge is 0.444 e. The smallest absolute Gasteiger partial charge is 0.408 e. The number of rotatable bonds is 6. The molecule has 4 fully saturated rings. The Labute approximate surface area is 243 Å². The van der Waals surface area contributed by atoms with Gasteiger partial charge in [0.05, 0.1) is 18.2 Å². The third-order valence-electron chi connectivity index (χ3n) is 9.36. The van der Waals surface area contributed by atoms with E-state index in [2.05, 4.69) is 44.1 Å². The number of hydrogen-bond acceptors (Lipinski definition) is 9. The maximum atomic E-state index is 13.8. The van der Waals surface area contributed by atoms with Crippen molar-refractivity contribution in [2.45, 2.75) is 94.7 Å². The first-order chi connectivity index (χ1) is 20.1. The van der Waals surface area contributed by atoms with E-state index in [-0.39, 0.29) is 42.5 Å². The Morgan fingerprint density at radius 2 is 2.07 bits per heavy atom. The lowest BCUT2D eigenvalue weighted by atomic mass is 10.0. The Morgan fingerprint density at radius 1 is 1.24 bits per heavy atom. The van der Waals surface area contributed by atoms with E-state index in [1.807, 2.05) is 15.9 Å². The van der Waals surface area contributed by atoms with Crippen LogP contribution in [0.5, 0.6) is 0 Å². The fourth-order valence-corrected chi connectivity index (χ4v) is 7.55. The Bertz CT molecular complexity index is 1460. The van der Waals surface area contributed by atoms with Crippen molar-refractivity contribution < 1.29 is 19.1 Å². The van der Waals surface area contributed by atoms with E-state index in [4.69, 9.17) is 4.74 Å². The number of amides is 3. The molecule has 2 bridgehead atoms. The topological polar surface area (TPSA) is 160 Å². The number of piperidine rings is 1. The Kier molecular flexibility index (Phi) is 6.23.